The van der Waals surface area contributed by atoms with Crippen molar-refractivity contribution in [1.29, 1.82) is 0 Å². The predicted molar refractivity (Wildman–Crippen MR) is 130 cm³/mol. The minimum absolute atomic E-state index is 0. The van der Waals surface area contributed by atoms with E-state index < -0.39 is 0 Å². The normalized spacial score (nSPS) is 14.8. The summed E-state index contributed by atoms with van der Waals surface area (Å²) in [5, 5.41) is 6.86. The van der Waals surface area contributed by atoms with E-state index in [-0.39, 0.29) is 24.0 Å². The fourth-order valence-corrected chi connectivity index (χ4v) is 3.18. The van der Waals surface area contributed by atoms with Gasteiger partial charge in [-0.3, -0.25) is 9.89 Å². The van der Waals surface area contributed by atoms with Gasteiger partial charge in [0.1, 0.15) is 11.5 Å². The predicted octanol–water partition coefficient (Wildman–Crippen LogP) is 2.56. The van der Waals surface area contributed by atoms with Gasteiger partial charge in [-0.25, -0.2) is 0 Å². The van der Waals surface area contributed by atoms with Crippen molar-refractivity contribution in [3.05, 3.63) is 54.0 Å². The summed E-state index contributed by atoms with van der Waals surface area (Å²) >= 11 is 0. The highest BCUT2D eigenvalue weighted by Crippen LogP contribution is 2.11. The van der Waals surface area contributed by atoms with E-state index in [2.05, 4.69) is 27.7 Å². The van der Waals surface area contributed by atoms with Gasteiger partial charge >= 0.3 is 0 Å². The van der Waals surface area contributed by atoms with Gasteiger partial charge in [-0.15, -0.1) is 24.0 Å². The molecule has 0 spiro atoms. The minimum atomic E-state index is 0. The summed E-state index contributed by atoms with van der Waals surface area (Å²) in [7, 11) is 1.69. The highest BCUT2D eigenvalue weighted by atomic mass is 127. The second-order valence-corrected chi connectivity index (χ2v) is 6.97. The average Bonchev–Trinajstić information content (AvgIpc) is 3.28. The minimum Gasteiger partial charge on any atom is -0.497 e. The van der Waals surface area contributed by atoms with Gasteiger partial charge in [-0.1, -0.05) is 12.1 Å². The van der Waals surface area contributed by atoms with Crippen LogP contribution in [-0.2, 0) is 17.6 Å². The summed E-state index contributed by atoms with van der Waals surface area (Å²) < 4.78 is 16.0. The van der Waals surface area contributed by atoms with Crippen molar-refractivity contribution in [2.24, 2.45) is 4.99 Å². The Kier molecular flexibility index (Phi) is 11.6. The molecule has 1 saturated heterocycles. The van der Waals surface area contributed by atoms with Crippen molar-refractivity contribution in [2.45, 2.75) is 12.8 Å². The van der Waals surface area contributed by atoms with Gasteiger partial charge in [0.25, 0.3) is 0 Å². The van der Waals surface area contributed by atoms with E-state index in [0.29, 0.717) is 0 Å². The molecule has 1 aromatic heterocycles. The smallest absolute Gasteiger partial charge is 0.191 e. The zero-order chi connectivity index (χ0) is 20.2. The van der Waals surface area contributed by atoms with Crippen LogP contribution in [0, 0.1) is 0 Å². The molecule has 0 bridgehead atoms. The molecule has 0 unspecified atom stereocenters. The first kappa shape index (κ1) is 24.5. The molecule has 1 fully saturated rings. The molecule has 2 heterocycles. The topological polar surface area (TPSA) is 71.3 Å². The zero-order valence-corrected chi connectivity index (χ0v) is 20.0. The van der Waals surface area contributed by atoms with E-state index in [0.717, 1.165) is 82.8 Å². The van der Waals surface area contributed by atoms with Crippen LogP contribution in [0.2, 0.25) is 0 Å². The lowest BCUT2D eigenvalue weighted by Crippen LogP contribution is -2.41. The van der Waals surface area contributed by atoms with Crippen molar-refractivity contribution in [1.82, 2.24) is 15.5 Å². The molecule has 166 valence electrons. The van der Waals surface area contributed by atoms with Crippen molar-refractivity contribution >= 4 is 29.9 Å². The number of ether oxygens (including phenoxy) is 2. The molecule has 0 aliphatic carbocycles. The maximum atomic E-state index is 5.41. The summed E-state index contributed by atoms with van der Waals surface area (Å²) in [6, 6.07) is 12.1. The first-order valence-electron chi connectivity index (χ1n) is 10.3. The lowest BCUT2D eigenvalue weighted by atomic mass is 10.1. The molecule has 1 aromatic carbocycles. The monoisotopic (exact) mass is 528 g/mol. The van der Waals surface area contributed by atoms with Gasteiger partial charge in [0, 0.05) is 39.1 Å². The number of furan rings is 1. The van der Waals surface area contributed by atoms with Gasteiger partial charge in [-0.2, -0.15) is 0 Å². The Hall–Kier alpha value is -1.78. The largest absolute Gasteiger partial charge is 0.497 e. The average molecular weight is 528 g/mol. The number of guanidine groups is 1. The molecule has 7 nitrogen and oxygen atoms in total. The van der Waals surface area contributed by atoms with Crippen LogP contribution in [0.4, 0.5) is 0 Å². The number of aliphatic imine (C=N–C) groups is 1. The van der Waals surface area contributed by atoms with E-state index in [9.17, 15) is 0 Å². The Bertz CT molecular complexity index is 716. The van der Waals surface area contributed by atoms with Crippen LogP contribution in [0.5, 0.6) is 5.75 Å². The Balaban J connectivity index is 0.00000320. The van der Waals surface area contributed by atoms with Gasteiger partial charge in [0.2, 0.25) is 0 Å². The van der Waals surface area contributed by atoms with E-state index in [1.807, 2.05) is 24.3 Å². The summed E-state index contributed by atoms with van der Waals surface area (Å²) in [6.45, 7) is 6.92. The highest BCUT2D eigenvalue weighted by Gasteiger charge is 2.09. The lowest BCUT2D eigenvalue weighted by molar-refractivity contribution is 0.0394. The quantitative estimate of drug-likeness (QED) is 0.281. The number of halogens is 1. The Morgan fingerprint density at radius 2 is 1.80 bits per heavy atom. The Labute approximate surface area is 196 Å². The first-order valence-corrected chi connectivity index (χ1v) is 10.3. The standard InChI is InChI=1S/C22H32N4O3.HI/c1-27-20-6-4-19(5-7-20)8-10-23-22(24-11-9-21-3-2-16-29-21)25-12-13-26-14-17-28-18-15-26;/h2-7,16H,8-15,17-18H2,1H3,(H2,23,24,25);1H. The van der Waals surface area contributed by atoms with Gasteiger partial charge in [0.15, 0.2) is 5.96 Å². The molecule has 8 heteroatoms. The summed E-state index contributed by atoms with van der Waals surface area (Å²) in [4.78, 5) is 7.15. The van der Waals surface area contributed by atoms with Crippen LogP contribution < -0.4 is 15.4 Å². The number of rotatable bonds is 10. The molecule has 1 aliphatic rings. The fraction of sp³-hybridized carbons (Fsp3) is 0.500. The van der Waals surface area contributed by atoms with Crippen LogP contribution in [0.1, 0.15) is 11.3 Å². The molecule has 0 saturated carbocycles. The number of methoxy groups -OCH3 is 1. The number of hydrogen-bond acceptors (Lipinski definition) is 5. The Morgan fingerprint density at radius 1 is 1.07 bits per heavy atom. The number of nitrogens with one attached hydrogen (secondary N) is 2. The zero-order valence-electron chi connectivity index (χ0n) is 17.6. The van der Waals surface area contributed by atoms with Crippen LogP contribution in [0.3, 0.4) is 0 Å². The maximum absolute atomic E-state index is 5.41. The molecule has 3 rings (SSSR count). The maximum Gasteiger partial charge on any atom is 0.191 e. The summed E-state index contributed by atoms with van der Waals surface area (Å²) in [5.74, 6) is 2.70. The van der Waals surface area contributed by atoms with Gasteiger partial charge in [0.05, 0.1) is 33.1 Å². The molecular formula is C22H33IN4O3. The van der Waals surface area contributed by atoms with Crippen LogP contribution in [0.15, 0.2) is 52.1 Å². The first-order chi connectivity index (χ1) is 14.3. The van der Waals surface area contributed by atoms with Crippen molar-refractivity contribution in [2.75, 3.05) is 59.6 Å². The van der Waals surface area contributed by atoms with Crippen LogP contribution in [-0.4, -0.2) is 70.5 Å². The van der Waals surface area contributed by atoms with E-state index in [4.69, 9.17) is 18.9 Å². The van der Waals surface area contributed by atoms with Crippen LogP contribution in [0.25, 0.3) is 0 Å². The number of hydrogen-bond donors (Lipinski definition) is 2. The molecule has 0 radical (unpaired) electrons. The highest BCUT2D eigenvalue weighted by molar-refractivity contribution is 14.0. The third-order valence-corrected chi connectivity index (χ3v) is 4.90. The molecular weight excluding hydrogens is 495 g/mol. The van der Waals surface area contributed by atoms with Crippen molar-refractivity contribution in [3.63, 3.8) is 0 Å². The summed E-state index contributed by atoms with van der Waals surface area (Å²) in [6.07, 6.45) is 3.46. The molecule has 0 atom stereocenters. The van der Waals surface area contributed by atoms with Gasteiger partial charge < -0.3 is 24.5 Å². The Morgan fingerprint density at radius 3 is 2.47 bits per heavy atom. The van der Waals surface area contributed by atoms with E-state index >= 15 is 0 Å². The van der Waals surface area contributed by atoms with Gasteiger partial charge in [-0.05, 0) is 36.2 Å². The third-order valence-electron chi connectivity index (χ3n) is 4.90. The molecule has 2 N–H and O–H groups in total. The van der Waals surface area contributed by atoms with E-state index in [1.54, 1.807) is 13.4 Å². The molecule has 2 aromatic rings. The number of morpholine rings is 1. The molecule has 30 heavy (non-hydrogen) atoms. The second kappa shape index (κ2) is 14.3. The lowest BCUT2D eigenvalue weighted by Gasteiger charge is -2.25. The SMILES string of the molecule is COc1ccc(CCNC(=NCCN2CCOCC2)NCCc2ccco2)cc1.I. The third kappa shape index (κ3) is 8.93. The molecule has 0 amide bonds. The number of nitrogens with zero attached hydrogens (tertiary/aromatic N) is 2. The van der Waals surface area contributed by atoms with E-state index in [1.165, 1.54) is 5.56 Å². The van der Waals surface area contributed by atoms with Crippen molar-refractivity contribution < 1.29 is 13.9 Å². The fourth-order valence-electron chi connectivity index (χ4n) is 3.18. The van der Waals surface area contributed by atoms with Crippen molar-refractivity contribution in [3.8, 4) is 5.75 Å². The second-order valence-electron chi connectivity index (χ2n) is 6.97. The summed E-state index contributed by atoms with van der Waals surface area (Å²) in [5.41, 5.74) is 1.27. The number of benzene rings is 1. The molecule has 1 aliphatic heterocycles. The van der Waals surface area contributed by atoms with Crippen LogP contribution >= 0.6 is 24.0 Å².